The quantitative estimate of drug-likeness (QED) is 0.756. The number of hydrogen-bond donors (Lipinski definition) is 2. The molecule has 14 heavy (non-hydrogen) atoms. The summed E-state index contributed by atoms with van der Waals surface area (Å²) in [5.74, 6) is 0. The molecule has 0 aliphatic heterocycles. The minimum absolute atomic E-state index is 0.523. The Morgan fingerprint density at radius 2 is 2.00 bits per heavy atom. The van der Waals surface area contributed by atoms with Crippen LogP contribution in [-0.2, 0) is 0 Å². The number of hydrogen-bond acceptors (Lipinski definition) is 3. The van der Waals surface area contributed by atoms with Crippen molar-refractivity contribution in [3.8, 4) is 0 Å². The number of pyridine rings is 1. The van der Waals surface area contributed by atoms with E-state index in [9.17, 15) is 0 Å². The molecule has 0 atom stereocenters. The summed E-state index contributed by atoms with van der Waals surface area (Å²) in [5, 5.41) is 0.900. The van der Waals surface area contributed by atoms with Gasteiger partial charge in [0, 0.05) is 9.86 Å². The topological polar surface area (TPSA) is 64.9 Å². The average molecular weight is 252 g/mol. The largest absolute Gasteiger partial charge is 0.396 e. The molecule has 0 unspecified atom stereocenters. The van der Waals surface area contributed by atoms with Gasteiger partial charge in [-0.3, -0.25) is 4.98 Å². The first-order chi connectivity index (χ1) is 6.59. The molecule has 0 radical (unpaired) electrons. The van der Waals surface area contributed by atoms with E-state index in [0.29, 0.717) is 11.4 Å². The zero-order valence-corrected chi connectivity index (χ0v) is 9.30. The number of halogens is 1. The van der Waals surface area contributed by atoms with Gasteiger partial charge in [0.05, 0.1) is 23.1 Å². The number of anilines is 2. The van der Waals surface area contributed by atoms with Gasteiger partial charge in [0.2, 0.25) is 0 Å². The molecule has 4 heteroatoms. The second kappa shape index (κ2) is 3.13. The van der Waals surface area contributed by atoms with E-state index in [1.165, 1.54) is 0 Å². The van der Waals surface area contributed by atoms with E-state index in [1.54, 1.807) is 6.20 Å². The van der Waals surface area contributed by atoms with Crippen molar-refractivity contribution in [3.63, 3.8) is 0 Å². The molecule has 0 amide bonds. The smallest absolute Gasteiger partial charge is 0.0866 e. The Labute approximate surface area is 90.2 Å². The van der Waals surface area contributed by atoms with Gasteiger partial charge in [-0.1, -0.05) is 0 Å². The number of aryl methyl sites for hydroxylation is 1. The molecule has 2 aromatic rings. The van der Waals surface area contributed by atoms with Crippen LogP contribution in [0.5, 0.6) is 0 Å². The van der Waals surface area contributed by atoms with Crippen molar-refractivity contribution in [2.45, 2.75) is 6.92 Å². The third-order valence-electron chi connectivity index (χ3n) is 2.14. The second-order valence-corrected chi connectivity index (χ2v) is 4.12. The summed E-state index contributed by atoms with van der Waals surface area (Å²) in [6.45, 7) is 2.01. The van der Waals surface area contributed by atoms with Crippen LogP contribution in [0, 0.1) is 6.92 Å². The summed E-state index contributed by atoms with van der Waals surface area (Å²) < 4.78 is 0.944. The normalized spacial score (nSPS) is 10.7. The molecular weight excluding hydrogens is 242 g/mol. The van der Waals surface area contributed by atoms with E-state index < -0.39 is 0 Å². The Morgan fingerprint density at radius 3 is 2.71 bits per heavy atom. The predicted molar refractivity (Wildman–Crippen MR) is 63.0 cm³/mol. The SMILES string of the molecule is Cc1cc(Br)c2ncc(N)c(N)c2c1. The van der Waals surface area contributed by atoms with E-state index >= 15 is 0 Å². The molecule has 4 N–H and O–H groups in total. The molecule has 0 fully saturated rings. The van der Waals surface area contributed by atoms with Crippen LogP contribution in [0.1, 0.15) is 5.56 Å². The fourth-order valence-corrected chi connectivity index (χ4v) is 2.11. The van der Waals surface area contributed by atoms with Crippen LogP contribution < -0.4 is 11.5 Å². The van der Waals surface area contributed by atoms with Gasteiger partial charge in [0.1, 0.15) is 0 Å². The summed E-state index contributed by atoms with van der Waals surface area (Å²) >= 11 is 3.45. The van der Waals surface area contributed by atoms with Crippen molar-refractivity contribution in [1.29, 1.82) is 0 Å². The van der Waals surface area contributed by atoms with Gasteiger partial charge in [0.15, 0.2) is 0 Å². The molecule has 0 aliphatic carbocycles. The molecule has 1 aromatic heterocycles. The maximum absolute atomic E-state index is 5.87. The van der Waals surface area contributed by atoms with Crippen molar-refractivity contribution in [2.24, 2.45) is 0 Å². The van der Waals surface area contributed by atoms with Crippen LogP contribution in [0.15, 0.2) is 22.8 Å². The Kier molecular flexibility index (Phi) is 2.07. The van der Waals surface area contributed by atoms with E-state index in [2.05, 4.69) is 20.9 Å². The molecular formula is C10H10BrN3. The lowest BCUT2D eigenvalue weighted by atomic mass is 10.1. The maximum Gasteiger partial charge on any atom is 0.0866 e. The molecule has 1 heterocycles. The highest BCUT2D eigenvalue weighted by Gasteiger charge is 2.06. The number of benzene rings is 1. The van der Waals surface area contributed by atoms with E-state index in [-0.39, 0.29) is 0 Å². The number of aromatic nitrogens is 1. The van der Waals surface area contributed by atoms with Crippen LogP contribution in [0.4, 0.5) is 11.4 Å². The highest BCUT2D eigenvalue weighted by molar-refractivity contribution is 9.10. The van der Waals surface area contributed by atoms with Crippen LogP contribution in [-0.4, -0.2) is 4.98 Å². The first-order valence-electron chi connectivity index (χ1n) is 4.19. The van der Waals surface area contributed by atoms with Gasteiger partial charge in [-0.25, -0.2) is 0 Å². The Hall–Kier alpha value is -1.29. The first-order valence-corrected chi connectivity index (χ1v) is 4.98. The van der Waals surface area contributed by atoms with Crippen molar-refractivity contribution < 1.29 is 0 Å². The van der Waals surface area contributed by atoms with E-state index in [0.717, 1.165) is 20.9 Å². The van der Waals surface area contributed by atoms with Crippen molar-refractivity contribution in [1.82, 2.24) is 4.98 Å². The van der Waals surface area contributed by atoms with Gasteiger partial charge in [-0.15, -0.1) is 0 Å². The lowest BCUT2D eigenvalue weighted by molar-refractivity contribution is 1.38. The molecule has 1 aromatic carbocycles. The molecule has 0 saturated carbocycles. The van der Waals surface area contributed by atoms with Gasteiger partial charge < -0.3 is 11.5 Å². The number of nitrogens with two attached hydrogens (primary N) is 2. The molecule has 3 nitrogen and oxygen atoms in total. The zero-order valence-electron chi connectivity index (χ0n) is 7.71. The Balaban J connectivity index is 2.95. The number of nitrogens with zero attached hydrogens (tertiary/aromatic N) is 1. The summed E-state index contributed by atoms with van der Waals surface area (Å²) in [4.78, 5) is 4.23. The minimum atomic E-state index is 0.523. The van der Waals surface area contributed by atoms with Crippen molar-refractivity contribution in [2.75, 3.05) is 11.5 Å². The number of nitrogen functional groups attached to an aromatic ring is 2. The highest BCUT2D eigenvalue weighted by atomic mass is 79.9. The van der Waals surface area contributed by atoms with Gasteiger partial charge in [0.25, 0.3) is 0 Å². The van der Waals surface area contributed by atoms with Crippen LogP contribution in [0.25, 0.3) is 10.9 Å². The highest BCUT2D eigenvalue weighted by Crippen LogP contribution is 2.30. The third kappa shape index (κ3) is 1.32. The first kappa shape index (κ1) is 9.27. The minimum Gasteiger partial charge on any atom is -0.396 e. The maximum atomic E-state index is 5.87. The van der Waals surface area contributed by atoms with E-state index in [1.807, 2.05) is 19.1 Å². The summed E-state index contributed by atoms with van der Waals surface area (Å²) in [5.41, 5.74) is 14.7. The summed E-state index contributed by atoms with van der Waals surface area (Å²) in [6.07, 6.45) is 1.58. The number of fused-ring (bicyclic) bond motifs is 1. The summed E-state index contributed by atoms with van der Waals surface area (Å²) in [6, 6.07) is 3.99. The molecule has 0 bridgehead atoms. The van der Waals surface area contributed by atoms with Crippen LogP contribution in [0.2, 0.25) is 0 Å². The molecule has 0 saturated heterocycles. The van der Waals surface area contributed by atoms with Crippen LogP contribution in [0.3, 0.4) is 0 Å². The van der Waals surface area contributed by atoms with Crippen LogP contribution >= 0.6 is 15.9 Å². The van der Waals surface area contributed by atoms with Crippen molar-refractivity contribution >= 4 is 38.2 Å². The molecule has 0 spiro atoms. The van der Waals surface area contributed by atoms with E-state index in [4.69, 9.17) is 11.5 Å². The second-order valence-electron chi connectivity index (χ2n) is 3.27. The van der Waals surface area contributed by atoms with Gasteiger partial charge >= 0.3 is 0 Å². The monoisotopic (exact) mass is 251 g/mol. The predicted octanol–water partition coefficient (Wildman–Crippen LogP) is 2.47. The van der Waals surface area contributed by atoms with Gasteiger partial charge in [-0.05, 0) is 40.5 Å². The average Bonchev–Trinajstić information content (AvgIpc) is 2.12. The van der Waals surface area contributed by atoms with Gasteiger partial charge in [-0.2, -0.15) is 0 Å². The zero-order chi connectivity index (χ0) is 10.3. The summed E-state index contributed by atoms with van der Waals surface area (Å²) in [7, 11) is 0. The molecule has 2 rings (SSSR count). The molecule has 72 valence electrons. The lowest BCUT2D eigenvalue weighted by Gasteiger charge is -2.07. The standard InChI is InChI=1S/C10H10BrN3/c1-5-2-6-9(13)8(12)4-14-10(6)7(11)3-5/h2-4H,12H2,1H3,(H2,13,14). The van der Waals surface area contributed by atoms with Crippen molar-refractivity contribution in [3.05, 3.63) is 28.4 Å². The fraction of sp³-hybridized carbons (Fsp3) is 0.100. The third-order valence-corrected chi connectivity index (χ3v) is 2.75. The number of rotatable bonds is 0. The fourth-order valence-electron chi connectivity index (χ4n) is 1.43. The lowest BCUT2D eigenvalue weighted by Crippen LogP contribution is -1.97. The molecule has 0 aliphatic rings. The Morgan fingerprint density at radius 1 is 1.29 bits per heavy atom. The Bertz CT molecular complexity index is 508.